The molecule has 2 aromatic rings. The normalized spacial score (nSPS) is 12.2. The van der Waals surface area contributed by atoms with E-state index < -0.39 is 5.54 Å². The molecule has 5 nitrogen and oxygen atoms in total. The van der Waals surface area contributed by atoms with Crippen molar-refractivity contribution in [3.8, 4) is 0 Å². The molecule has 0 saturated carbocycles. The predicted molar refractivity (Wildman–Crippen MR) is 78.5 cm³/mol. The zero-order valence-electron chi connectivity index (χ0n) is 11.3. The monoisotopic (exact) mass is 293 g/mol. The topological polar surface area (TPSA) is 66.6 Å². The molecular weight excluding hydrogens is 278 g/mol. The van der Waals surface area contributed by atoms with Crippen molar-refractivity contribution >= 4 is 29.2 Å². The summed E-state index contributed by atoms with van der Waals surface area (Å²) in [7, 11) is 0. The summed E-state index contributed by atoms with van der Waals surface area (Å²) in [6.45, 7) is 3.34. The third kappa shape index (κ3) is 3.18. The Balaban J connectivity index is 2.22. The van der Waals surface area contributed by atoms with Crippen LogP contribution in [-0.4, -0.2) is 32.5 Å². The molecule has 0 unspecified atom stereocenters. The number of pyridine rings is 1. The highest BCUT2D eigenvalue weighted by molar-refractivity contribution is 6.31. The first-order chi connectivity index (χ1) is 9.43. The highest BCUT2D eigenvalue weighted by Gasteiger charge is 2.17. The number of fused-ring (bicyclic) bond motifs is 1. The van der Waals surface area contributed by atoms with Gasteiger partial charge in [0.25, 0.3) is 0 Å². The summed E-state index contributed by atoms with van der Waals surface area (Å²) in [5.74, 6) is -0.300. The van der Waals surface area contributed by atoms with Crippen LogP contribution in [-0.2, 0) is 4.79 Å². The van der Waals surface area contributed by atoms with E-state index in [-0.39, 0.29) is 12.5 Å². The second-order valence-corrected chi connectivity index (χ2v) is 5.44. The van der Waals surface area contributed by atoms with Gasteiger partial charge < -0.3 is 10.4 Å². The molecule has 2 N–H and O–H groups in total. The number of carbonyl (C=O) groups excluding carboxylic acids is 1. The Kier molecular flexibility index (Phi) is 4.11. The fourth-order valence-electron chi connectivity index (χ4n) is 1.70. The van der Waals surface area contributed by atoms with Gasteiger partial charge in [-0.1, -0.05) is 17.7 Å². The number of nitrogens with one attached hydrogen (secondary N) is 1. The Bertz CT molecular complexity index is 661. The molecule has 2 aromatic heterocycles. The lowest BCUT2D eigenvalue weighted by atomic mass is 10.1. The standard InChI is InChI=1S/C14H16ClN3O2/c1-14(2,9-19)17-12(20)7-6-10-13(15)16-11-5-3-4-8-18(10)11/h3-8,19H,9H2,1-2H3,(H,17,20)/b7-6+. The first-order valence-electron chi connectivity index (χ1n) is 6.16. The molecule has 0 aliphatic carbocycles. The van der Waals surface area contributed by atoms with Crippen molar-refractivity contribution in [2.24, 2.45) is 0 Å². The summed E-state index contributed by atoms with van der Waals surface area (Å²) >= 11 is 6.06. The van der Waals surface area contributed by atoms with Crippen LogP contribution in [0.1, 0.15) is 19.5 Å². The number of halogens is 1. The predicted octanol–water partition coefficient (Wildman–Crippen LogP) is 1.89. The average molecular weight is 294 g/mol. The summed E-state index contributed by atoms with van der Waals surface area (Å²) in [5, 5.41) is 12.1. The minimum atomic E-state index is -0.662. The third-order valence-electron chi connectivity index (χ3n) is 2.77. The number of aliphatic hydroxyl groups excluding tert-OH is 1. The number of carbonyl (C=O) groups is 1. The molecule has 2 rings (SSSR count). The number of hydrogen-bond acceptors (Lipinski definition) is 3. The van der Waals surface area contributed by atoms with Crippen molar-refractivity contribution in [2.75, 3.05) is 6.61 Å². The van der Waals surface area contributed by atoms with E-state index in [2.05, 4.69) is 10.3 Å². The van der Waals surface area contributed by atoms with Crippen LogP contribution in [0.15, 0.2) is 30.5 Å². The number of aliphatic hydroxyl groups is 1. The highest BCUT2D eigenvalue weighted by atomic mass is 35.5. The van der Waals surface area contributed by atoms with Crippen LogP contribution in [0.5, 0.6) is 0 Å². The van der Waals surface area contributed by atoms with E-state index in [0.717, 1.165) is 0 Å². The number of amides is 1. The van der Waals surface area contributed by atoms with Crippen molar-refractivity contribution < 1.29 is 9.90 Å². The van der Waals surface area contributed by atoms with Crippen molar-refractivity contribution in [2.45, 2.75) is 19.4 Å². The third-order valence-corrected chi connectivity index (χ3v) is 3.05. The largest absolute Gasteiger partial charge is 0.394 e. The van der Waals surface area contributed by atoms with Crippen LogP contribution in [0, 0.1) is 0 Å². The quantitative estimate of drug-likeness (QED) is 0.846. The molecule has 2 heterocycles. The van der Waals surface area contributed by atoms with E-state index in [1.165, 1.54) is 6.08 Å². The number of imidazole rings is 1. The van der Waals surface area contributed by atoms with Gasteiger partial charge in [-0.25, -0.2) is 4.98 Å². The molecule has 0 saturated heterocycles. The van der Waals surface area contributed by atoms with Gasteiger partial charge in [-0.15, -0.1) is 0 Å². The molecule has 0 bridgehead atoms. The minimum Gasteiger partial charge on any atom is -0.394 e. The molecule has 0 radical (unpaired) electrons. The molecule has 0 aliphatic heterocycles. The molecule has 1 amide bonds. The van der Waals surface area contributed by atoms with E-state index in [1.807, 2.05) is 24.4 Å². The lowest BCUT2D eigenvalue weighted by Crippen LogP contribution is -2.45. The molecule has 20 heavy (non-hydrogen) atoms. The lowest BCUT2D eigenvalue weighted by Gasteiger charge is -2.22. The van der Waals surface area contributed by atoms with Gasteiger partial charge in [-0.3, -0.25) is 9.20 Å². The van der Waals surface area contributed by atoms with Gasteiger partial charge in [0.2, 0.25) is 5.91 Å². The summed E-state index contributed by atoms with van der Waals surface area (Å²) in [4.78, 5) is 16.0. The Morgan fingerprint density at radius 1 is 1.55 bits per heavy atom. The fraction of sp³-hybridized carbons (Fsp3) is 0.286. The summed E-state index contributed by atoms with van der Waals surface area (Å²) < 4.78 is 1.79. The van der Waals surface area contributed by atoms with Gasteiger partial charge in [-0.2, -0.15) is 0 Å². The van der Waals surface area contributed by atoms with Crippen LogP contribution in [0.4, 0.5) is 0 Å². The SMILES string of the molecule is CC(C)(CO)NC(=O)/C=C/c1c(Cl)nc2ccccn12. The zero-order chi connectivity index (χ0) is 14.8. The van der Waals surface area contributed by atoms with E-state index in [1.54, 1.807) is 24.3 Å². The van der Waals surface area contributed by atoms with Gasteiger partial charge in [0.05, 0.1) is 17.8 Å². The van der Waals surface area contributed by atoms with Crippen LogP contribution in [0.2, 0.25) is 5.15 Å². The Labute approximate surface area is 121 Å². The Morgan fingerprint density at radius 3 is 3.00 bits per heavy atom. The first kappa shape index (κ1) is 14.6. The second kappa shape index (κ2) is 5.64. The smallest absolute Gasteiger partial charge is 0.244 e. The number of aromatic nitrogens is 2. The maximum absolute atomic E-state index is 11.8. The molecular formula is C14H16ClN3O2. The minimum absolute atomic E-state index is 0.136. The van der Waals surface area contributed by atoms with Crippen molar-refractivity contribution in [1.29, 1.82) is 0 Å². The number of hydrogen-bond donors (Lipinski definition) is 2. The van der Waals surface area contributed by atoms with Gasteiger partial charge in [-0.05, 0) is 32.1 Å². The molecule has 0 aromatic carbocycles. The molecule has 0 aliphatic rings. The molecule has 0 fully saturated rings. The van der Waals surface area contributed by atoms with Crippen LogP contribution in [0.3, 0.4) is 0 Å². The van der Waals surface area contributed by atoms with Gasteiger partial charge in [0, 0.05) is 12.3 Å². The van der Waals surface area contributed by atoms with Crippen molar-refractivity contribution in [3.63, 3.8) is 0 Å². The average Bonchev–Trinajstić information content (AvgIpc) is 2.71. The van der Waals surface area contributed by atoms with Gasteiger partial charge >= 0.3 is 0 Å². The highest BCUT2D eigenvalue weighted by Crippen LogP contribution is 2.18. The van der Waals surface area contributed by atoms with Crippen LogP contribution in [0.25, 0.3) is 11.7 Å². The molecule has 106 valence electrons. The van der Waals surface area contributed by atoms with Crippen LogP contribution < -0.4 is 5.32 Å². The van der Waals surface area contributed by atoms with Gasteiger partial charge in [0.15, 0.2) is 5.15 Å². The Hall–Kier alpha value is -1.85. The van der Waals surface area contributed by atoms with Crippen molar-refractivity contribution in [3.05, 3.63) is 41.3 Å². The van der Waals surface area contributed by atoms with Gasteiger partial charge in [0.1, 0.15) is 5.65 Å². The maximum Gasteiger partial charge on any atom is 0.244 e. The molecule has 0 atom stereocenters. The zero-order valence-corrected chi connectivity index (χ0v) is 12.1. The summed E-state index contributed by atoms with van der Waals surface area (Å²) in [6.07, 6.45) is 4.80. The fourth-order valence-corrected chi connectivity index (χ4v) is 1.95. The molecule has 0 spiro atoms. The van der Waals surface area contributed by atoms with Crippen LogP contribution >= 0.6 is 11.6 Å². The van der Waals surface area contributed by atoms with E-state index in [0.29, 0.717) is 16.5 Å². The maximum atomic E-state index is 11.8. The van der Waals surface area contributed by atoms with E-state index in [4.69, 9.17) is 16.7 Å². The Morgan fingerprint density at radius 2 is 2.30 bits per heavy atom. The molecule has 6 heteroatoms. The van der Waals surface area contributed by atoms with E-state index in [9.17, 15) is 4.79 Å². The number of rotatable bonds is 4. The second-order valence-electron chi connectivity index (χ2n) is 5.08. The summed E-state index contributed by atoms with van der Waals surface area (Å²) in [5.41, 5.74) is 0.692. The lowest BCUT2D eigenvalue weighted by molar-refractivity contribution is -0.118. The van der Waals surface area contributed by atoms with E-state index >= 15 is 0 Å². The number of nitrogens with zero attached hydrogens (tertiary/aromatic N) is 2. The first-order valence-corrected chi connectivity index (χ1v) is 6.54. The summed E-state index contributed by atoms with van der Waals surface area (Å²) in [6, 6.07) is 5.55. The van der Waals surface area contributed by atoms with Crippen molar-refractivity contribution in [1.82, 2.24) is 14.7 Å².